The minimum absolute atomic E-state index is 0.238. The molecule has 2 rings (SSSR count). The van der Waals surface area contributed by atoms with Gasteiger partial charge in [0.15, 0.2) is 0 Å². The Morgan fingerprint density at radius 2 is 2.16 bits per heavy atom. The van der Waals surface area contributed by atoms with Crippen LogP contribution in [0.15, 0.2) is 33.3 Å². The summed E-state index contributed by atoms with van der Waals surface area (Å²) in [7, 11) is 1.81. The first kappa shape index (κ1) is 14.7. The number of hydrogen-bond donors (Lipinski definition) is 1. The monoisotopic (exact) mass is 389 g/mol. The molecule has 2 aromatic rings. The van der Waals surface area contributed by atoms with Gasteiger partial charge in [-0.05, 0) is 48.1 Å². The van der Waals surface area contributed by atoms with E-state index in [-0.39, 0.29) is 11.9 Å². The molecule has 0 aliphatic rings. The lowest BCUT2D eigenvalue weighted by Gasteiger charge is -2.19. The van der Waals surface area contributed by atoms with E-state index in [4.69, 9.17) is 0 Å². The van der Waals surface area contributed by atoms with E-state index in [2.05, 4.69) is 42.3 Å². The molecule has 0 amide bonds. The maximum atomic E-state index is 14.1. The first-order valence-electron chi connectivity index (χ1n) is 5.91. The van der Waals surface area contributed by atoms with E-state index in [9.17, 15) is 4.39 Å². The van der Waals surface area contributed by atoms with Gasteiger partial charge in [-0.3, -0.25) is 4.68 Å². The van der Waals surface area contributed by atoms with Gasteiger partial charge in [-0.25, -0.2) is 4.39 Å². The summed E-state index contributed by atoms with van der Waals surface area (Å²) in [5, 5.41) is 7.43. The van der Waals surface area contributed by atoms with Crippen molar-refractivity contribution in [3.8, 4) is 0 Å². The molecule has 6 heteroatoms. The second-order valence-corrected chi connectivity index (χ2v) is 5.85. The quantitative estimate of drug-likeness (QED) is 0.858. The molecule has 1 heterocycles. The molecule has 0 aliphatic carbocycles. The summed E-state index contributed by atoms with van der Waals surface area (Å²) in [4.78, 5) is 0. The van der Waals surface area contributed by atoms with Crippen LogP contribution in [0.25, 0.3) is 0 Å². The summed E-state index contributed by atoms with van der Waals surface area (Å²) >= 11 is 6.86. The van der Waals surface area contributed by atoms with Crippen LogP contribution in [0.2, 0.25) is 0 Å². The maximum absolute atomic E-state index is 14.1. The van der Waals surface area contributed by atoms with E-state index in [0.717, 1.165) is 21.2 Å². The highest BCUT2D eigenvalue weighted by Gasteiger charge is 2.22. The lowest BCUT2D eigenvalue weighted by atomic mass is 10.0. The predicted molar refractivity (Wildman–Crippen MR) is 80.6 cm³/mol. The van der Waals surface area contributed by atoms with Crippen molar-refractivity contribution >= 4 is 31.9 Å². The highest BCUT2D eigenvalue weighted by Crippen LogP contribution is 2.31. The molecule has 102 valence electrons. The third kappa shape index (κ3) is 2.90. The lowest BCUT2D eigenvalue weighted by Crippen LogP contribution is -2.23. The van der Waals surface area contributed by atoms with E-state index >= 15 is 0 Å². The second-order valence-electron chi connectivity index (χ2n) is 4.08. The molecule has 0 saturated carbocycles. The fourth-order valence-corrected chi connectivity index (χ4v) is 2.99. The number of rotatable bonds is 4. The third-order valence-corrected chi connectivity index (χ3v) is 4.07. The molecule has 1 atom stereocenters. The number of hydrogen-bond acceptors (Lipinski definition) is 2. The first-order valence-corrected chi connectivity index (χ1v) is 7.50. The van der Waals surface area contributed by atoms with Crippen LogP contribution in [0.4, 0.5) is 4.39 Å². The van der Waals surface area contributed by atoms with Crippen LogP contribution in [-0.2, 0) is 6.54 Å². The molecule has 0 radical (unpaired) electrons. The molecule has 1 N–H and O–H groups in total. The standard InChI is InChI=1S/C13H14Br2FN3/c1-3-19-13(10(15)7-18-19)12(17-2)9-6-8(14)4-5-11(9)16/h4-7,12,17H,3H2,1-2H3. The molecular formula is C13H14Br2FN3. The third-order valence-electron chi connectivity index (χ3n) is 2.96. The molecule has 0 fully saturated rings. The van der Waals surface area contributed by atoms with Gasteiger partial charge in [-0.15, -0.1) is 0 Å². The van der Waals surface area contributed by atoms with Crippen molar-refractivity contribution in [2.75, 3.05) is 7.05 Å². The second kappa shape index (κ2) is 6.15. The zero-order valence-corrected chi connectivity index (χ0v) is 13.8. The molecule has 0 spiro atoms. The fraction of sp³-hybridized carbons (Fsp3) is 0.308. The van der Waals surface area contributed by atoms with E-state index < -0.39 is 0 Å². The molecule has 19 heavy (non-hydrogen) atoms. The Labute approximate surface area is 128 Å². The van der Waals surface area contributed by atoms with Gasteiger partial charge in [-0.2, -0.15) is 5.10 Å². The first-order chi connectivity index (χ1) is 9.08. The van der Waals surface area contributed by atoms with Crippen molar-refractivity contribution in [3.05, 3.63) is 50.4 Å². The molecule has 3 nitrogen and oxygen atoms in total. The molecule has 0 bridgehead atoms. The number of benzene rings is 1. The summed E-state index contributed by atoms with van der Waals surface area (Å²) < 4.78 is 17.6. The van der Waals surface area contributed by atoms with E-state index in [1.807, 2.05) is 18.7 Å². The smallest absolute Gasteiger partial charge is 0.128 e. The van der Waals surface area contributed by atoms with Gasteiger partial charge in [-0.1, -0.05) is 15.9 Å². The Hall–Kier alpha value is -0.720. The van der Waals surface area contributed by atoms with Gasteiger partial charge in [0.05, 0.1) is 22.4 Å². The Morgan fingerprint density at radius 3 is 2.79 bits per heavy atom. The van der Waals surface area contributed by atoms with Crippen LogP contribution in [-0.4, -0.2) is 16.8 Å². The zero-order chi connectivity index (χ0) is 14.0. The lowest BCUT2D eigenvalue weighted by molar-refractivity contribution is 0.531. The largest absolute Gasteiger partial charge is 0.308 e. The van der Waals surface area contributed by atoms with E-state index in [1.165, 1.54) is 6.07 Å². The Balaban J connectivity index is 2.56. The summed E-state index contributed by atoms with van der Waals surface area (Å²) in [6.45, 7) is 2.74. The molecule has 0 saturated heterocycles. The SMILES string of the molecule is CCn1ncc(Br)c1C(NC)c1cc(Br)ccc1F. The normalized spacial score (nSPS) is 12.7. The van der Waals surface area contributed by atoms with Crippen molar-refractivity contribution in [2.24, 2.45) is 0 Å². The van der Waals surface area contributed by atoms with Gasteiger partial charge in [0.2, 0.25) is 0 Å². The van der Waals surface area contributed by atoms with Crippen LogP contribution < -0.4 is 5.32 Å². The predicted octanol–water partition coefficient (Wildman–Crippen LogP) is 3.88. The molecule has 1 aromatic heterocycles. The summed E-state index contributed by atoms with van der Waals surface area (Å²) in [6.07, 6.45) is 1.74. The van der Waals surface area contributed by atoms with Gasteiger partial charge in [0.25, 0.3) is 0 Å². The van der Waals surface area contributed by atoms with Crippen molar-refractivity contribution < 1.29 is 4.39 Å². The maximum Gasteiger partial charge on any atom is 0.128 e. The molecular weight excluding hydrogens is 377 g/mol. The number of aromatic nitrogens is 2. The minimum atomic E-state index is -0.255. The zero-order valence-electron chi connectivity index (χ0n) is 10.6. The van der Waals surface area contributed by atoms with E-state index in [0.29, 0.717) is 5.56 Å². The van der Waals surface area contributed by atoms with Gasteiger partial charge >= 0.3 is 0 Å². The summed E-state index contributed by atoms with van der Waals surface area (Å²) in [5.74, 6) is -0.238. The topological polar surface area (TPSA) is 29.9 Å². The van der Waals surface area contributed by atoms with Crippen LogP contribution in [0.5, 0.6) is 0 Å². The number of halogens is 3. The average Bonchev–Trinajstić information content (AvgIpc) is 2.76. The average molecular weight is 391 g/mol. The van der Waals surface area contributed by atoms with Crippen LogP contribution in [0, 0.1) is 5.82 Å². The molecule has 1 unspecified atom stereocenters. The van der Waals surface area contributed by atoms with Crippen molar-refractivity contribution in [1.29, 1.82) is 0 Å². The number of aryl methyl sites for hydroxylation is 1. The fourth-order valence-electron chi connectivity index (χ4n) is 2.09. The Bertz CT molecular complexity index is 583. The van der Waals surface area contributed by atoms with Crippen LogP contribution >= 0.6 is 31.9 Å². The number of nitrogens with zero attached hydrogens (tertiary/aromatic N) is 2. The van der Waals surface area contributed by atoms with Gasteiger partial charge in [0, 0.05) is 16.6 Å². The van der Waals surface area contributed by atoms with Crippen molar-refractivity contribution in [2.45, 2.75) is 19.5 Å². The van der Waals surface area contributed by atoms with Crippen LogP contribution in [0.1, 0.15) is 24.2 Å². The highest BCUT2D eigenvalue weighted by atomic mass is 79.9. The highest BCUT2D eigenvalue weighted by molar-refractivity contribution is 9.10. The summed E-state index contributed by atoms with van der Waals surface area (Å²) in [6, 6.07) is 4.69. The van der Waals surface area contributed by atoms with Gasteiger partial charge in [0.1, 0.15) is 5.82 Å². The summed E-state index contributed by atoms with van der Waals surface area (Å²) in [5.41, 5.74) is 1.51. The van der Waals surface area contributed by atoms with E-state index in [1.54, 1.807) is 18.3 Å². The minimum Gasteiger partial charge on any atom is -0.308 e. The number of nitrogens with one attached hydrogen (secondary N) is 1. The van der Waals surface area contributed by atoms with Crippen molar-refractivity contribution in [3.63, 3.8) is 0 Å². The van der Waals surface area contributed by atoms with Crippen molar-refractivity contribution in [1.82, 2.24) is 15.1 Å². The molecule has 0 aliphatic heterocycles. The Kier molecular flexibility index (Phi) is 4.76. The van der Waals surface area contributed by atoms with Gasteiger partial charge < -0.3 is 5.32 Å². The Morgan fingerprint density at radius 1 is 1.42 bits per heavy atom. The molecule has 1 aromatic carbocycles. The van der Waals surface area contributed by atoms with Crippen LogP contribution in [0.3, 0.4) is 0 Å².